The molecule has 0 amide bonds. The van der Waals surface area contributed by atoms with E-state index in [2.05, 4.69) is 25.9 Å². The van der Waals surface area contributed by atoms with E-state index in [1.807, 2.05) is 24.3 Å². The van der Waals surface area contributed by atoms with E-state index in [0.717, 1.165) is 12.0 Å². The molecule has 1 aromatic heterocycles. The maximum absolute atomic E-state index is 13.6. The fraction of sp³-hybridized carbons (Fsp3) is 0.167. The van der Waals surface area contributed by atoms with Crippen LogP contribution in [0.1, 0.15) is 11.3 Å². The van der Waals surface area contributed by atoms with E-state index in [1.165, 1.54) is 6.33 Å². The first-order chi connectivity index (χ1) is 8.16. The molecule has 0 saturated carbocycles. The van der Waals surface area contributed by atoms with Gasteiger partial charge in [0.05, 0.1) is 5.69 Å². The Labute approximate surface area is 112 Å². The lowest BCUT2D eigenvalue weighted by molar-refractivity contribution is 0.580. The van der Waals surface area contributed by atoms with Crippen LogP contribution >= 0.6 is 27.5 Å². The number of hydrogen-bond acceptors (Lipinski definition) is 2. The number of hydrogen-bond donors (Lipinski definition) is 0. The minimum Gasteiger partial charge on any atom is -0.238 e. The van der Waals surface area contributed by atoms with Crippen LogP contribution in [0.25, 0.3) is 0 Å². The minimum atomic E-state index is -0.388. The predicted octanol–water partition coefficient (Wildman–Crippen LogP) is 3.82. The highest BCUT2D eigenvalue weighted by Crippen LogP contribution is 2.16. The van der Waals surface area contributed by atoms with Gasteiger partial charge in [-0.3, -0.25) is 0 Å². The van der Waals surface area contributed by atoms with Crippen molar-refractivity contribution in [3.8, 4) is 0 Å². The van der Waals surface area contributed by atoms with Gasteiger partial charge in [0.25, 0.3) is 0 Å². The summed E-state index contributed by atoms with van der Waals surface area (Å²) in [6.45, 7) is 0. The van der Waals surface area contributed by atoms with Crippen LogP contribution in [0.15, 0.2) is 35.2 Å². The molecule has 0 aliphatic carbocycles. The topological polar surface area (TPSA) is 25.8 Å². The highest BCUT2D eigenvalue weighted by molar-refractivity contribution is 9.10. The Bertz CT molecular complexity index is 516. The van der Waals surface area contributed by atoms with E-state index in [9.17, 15) is 4.39 Å². The fourth-order valence-corrected chi connectivity index (χ4v) is 1.92. The number of rotatable bonds is 3. The summed E-state index contributed by atoms with van der Waals surface area (Å²) in [5, 5.41) is 0.699. The van der Waals surface area contributed by atoms with Gasteiger partial charge in [0, 0.05) is 5.02 Å². The zero-order valence-electron chi connectivity index (χ0n) is 8.83. The third-order valence-corrected chi connectivity index (χ3v) is 3.19. The van der Waals surface area contributed by atoms with Crippen molar-refractivity contribution in [2.75, 3.05) is 0 Å². The molecule has 0 aliphatic heterocycles. The van der Waals surface area contributed by atoms with Crippen LogP contribution in [-0.4, -0.2) is 9.97 Å². The van der Waals surface area contributed by atoms with Crippen LogP contribution in [0.3, 0.4) is 0 Å². The van der Waals surface area contributed by atoms with E-state index < -0.39 is 0 Å². The van der Waals surface area contributed by atoms with E-state index >= 15 is 0 Å². The molecule has 0 unspecified atom stereocenters. The lowest BCUT2D eigenvalue weighted by atomic mass is 10.1. The molecule has 2 rings (SSSR count). The Balaban J connectivity index is 2.07. The summed E-state index contributed by atoms with van der Waals surface area (Å²) >= 11 is 8.83. The molecule has 1 heterocycles. The van der Waals surface area contributed by atoms with Gasteiger partial charge in [-0.15, -0.1) is 0 Å². The quantitative estimate of drug-likeness (QED) is 0.805. The van der Waals surface area contributed by atoms with Crippen LogP contribution in [-0.2, 0) is 12.8 Å². The lowest BCUT2D eigenvalue weighted by Crippen LogP contribution is -2.00. The molecule has 17 heavy (non-hydrogen) atoms. The summed E-state index contributed by atoms with van der Waals surface area (Å²) in [6.07, 6.45) is 2.61. The Hall–Kier alpha value is -1.00. The standard InChI is InChI=1S/C12H9BrClFN2/c13-12-11(15)10(16-7-17-12)6-3-8-1-4-9(14)5-2-8/h1-2,4-5,7H,3,6H2. The van der Waals surface area contributed by atoms with Crippen LogP contribution in [0, 0.1) is 5.82 Å². The predicted molar refractivity (Wildman–Crippen MR) is 68.6 cm³/mol. The molecule has 1 aromatic carbocycles. The average molecular weight is 316 g/mol. The van der Waals surface area contributed by atoms with E-state index in [-0.39, 0.29) is 10.4 Å². The molecule has 88 valence electrons. The van der Waals surface area contributed by atoms with Gasteiger partial charge in [0.1, 0.15) is 10.9 Å². The van der Waals surface area contributed by atoms with Gasteiger partial charge < -0.3 is 0 Å². The van der Waals surface area contributed by atoms with Crippen molar-refractivity contribution in [3.63, 3.8) is 0 Å². The Kier molecular flexibility index (Phi) is 4.07. The lowest BCUT2D eigenvalue weighted by Gasteiger charge is -2.03. The molecule has 2 nitrogen and oxygen atoms in total. The van der Waals surface area contributed by atoms with Crippen molar-refractivity contribution < 1.29 is 4.39 Å². The van der Waals surface area contributed by atoms with E-state index in [0.29, 0.717) is 17.1 Å². The van der Waals surface area contributed by atoms with Crippen molar-refractivity contribution in [2.24, 2.45) is 0 Å². The minimum absolute atomic E-state index is 0.207. The molecule has 0 saturated heterocycles. The van der Waals surface area contributed by atoms with Gasteiger partial charge in [-0.05, 0) is 46.5 Å². The van der Waals surface area contributed by atoms with Crippen molar-refractivity contribution in [1.82, 2.24) is 9.97 Å². The third kappa shape index (κ3) is 3.23. The normalized spacial score (nSPS) is 10.5. The smallest absolute Gasteiger partial charge is 0.177 e. The molecule has 0 bridgehead atoms. The first-order valence-electron chi connectivity index (χ1n) is 5.06. The second-order valence-corrected chi connectivity index (χ2v) is 4.74. The average Bonchev–Trinajstić information content (AvgIpc) is 2.33. The number of aromatic nitrogens is 2. The Morgan fingerprint density at radius 3 is 2.53 bits per heavy atom. The summed E-state index contributed by atoms with van der Waals surface area (Å²) < 4.78 is 13.8. The number of halogens is 3. The maximum Gasteiger partial charge on any atom is 0.177 e. The molecule has 0 atom stereocenters. The fourth-order valence-electron chi connectivity index (χ4n) is 1.47. The molecule has 5 heteroatoms. The summed E-state index contributed by atoms with van der Waals surface area (Å²) in [5.41, 5.74) is 1.52. The molecular formula is C12H9BrClFN2. The van der Waals surface area contributed by atoms with Gasteiger partial charge in [0.15, 0.2) is 5.82 Å². The SMILES string of the molecule is Fc1c(Br)ncnc1CCc1ccc(Cl)cc1. The largest absolute Gasteiger partial charge is 0.238 e. The molecular weight excluding hydrogens is 307 g/mol. The molecule has 0 radical (unpaired) electrons. The Morgan fingerprint density at radius 2 is 1.82 bits per heavy atom. The molecule has 0 aliphatic rings. The molecule has 0 spiro atoms. The number of nitrogens with zero attached hydrogens (tertiary/aromatic N) is 2. The van der Waals surface area contributed by atoms with Gasteiger partial charge in [-0.25, -0.2) is 14.4 Å². The second-order valence-electron chi connectivity index (χ2n) is 3.55. The van der Waals surface area contributed by atoms with Gasteiger partial charge in [-0.1, -0.05) is 23.7 Å². The summed E-state index contributed by atoms with van der Waals surface area (Å²) in [6, 6.07) is 7.50. The maximum atomic E-state index is 13.6. The summed E-state index contributed by atoms with van der Waals surface area (Å²) in [7, 11) is 0. The second kappa shape index (κ2) is 5.56. The summed E-state index contributed by atoms with van der Waals surface area (Å²) in [5.74, 6) is -0.388. The van der Waals surface area contributed by atoms with Crippen molar-refractivity contribution in [2.45, 2.75) is 12.8 Å². The highest BCUT2D eigenvalue weighted by Gasteiger charge is 2.08. The number of benzene rings is 1. The van der Waals surface area contributed by atoms with Crippen LogP contribution in [0.5, 0.6) is 0 Å². The zero-order chi connectivity index (χ0) is 12.3. The van der Waals surface area contributed by atoms with Gasteiger partial charge in [-0.2, -0.15) is 0 Å². The van der Waals surface area contributed by atoms with Crippen molar-refractivity contribution in [1.29, 1.82) is 0 Å². The summed E-state index contributed by atoms with van der Waals surface area (Å²) in [4.78, 5) is 7.65. The highest BCUT2D eigenvalue weighted by atomic mass is 79.9. The van der Waals surface area contributed by atoms with Crippen LogP contribution < -0.4 is 0 Å². The van der Waals surface area contributed by atoms with Crippen molar-refractivity contribution >= 4 is 27.5 Å². The van der Waals surface area contributed by atoms with Crippen LogP contribution in [0.2, 0.25) is 5.02 Å². The Morgan fingerprint density at radius 1 is 1.12 bits per heavy atom. The van der Waals surface area contributed by atoms with E-state index in [4.69, 9.17) is 11.6 Å². The van der Waals surface area contributed by atoms with Gasteiger partial charge in [0.2, 0.25) is 0 Å². The van der Waals surface area contributed by atoms with Gasteiger partial charge >= 0.3 is 0 Å². The van der Waals surface area contributed by atoms with Crippen LogP contribution in [0.4, 0.5) is 4.39 Å². The number of aryl methyl sites for hydroxylation is 2. The molecule has 2 aromatic rings. The zero-order valence-corrected chi connectivity index (χ0v) is 11.2. The molecule has 0 fully saturated rings. The first-order valence-corrected chi connectivity index (χ1v) is 6.23. The first kappa shape index (κ1) is 12.5. The van der Waals surface area contributed by atoms with E-state index in [1.54, 1.807) is 0 Å². The monoisotopic (exact) mass is 314 g/mol. The third-order valence-electron chi connectivity index (χ3n) is 2.38. The van der Waals surface area contributed by atoms with Crippen molar-refractivity contribution in [3.05, 3.63) is 57.3 Å². The molecule has 0 N–H and O–H groups in total.